The number of fused-ring (bicyclic) bond motifs is 2. The summed E-state index contributed by atoms with van der Waals surface area (Å²) in [4.78, 5) is 119. The summed E-state index contributed by atoms with van der Waals surface area (Å²) in [6.45, 7) is 20.3. The van der Waals surface area contributed by atoms with Gasteiger partial charge in [0.15, 0.2) is 0 Å². The van der Waals surface area contributed by atoms with E-state index < -0.39 is 133 Å². The molecule has 4 aromatic rings. The third-order valence-electron chi connectivity index (χ3n) is 18.0. The fourth-order valence-corrected chi connectivity index (χ4v) is 12.1. The number of hydrogen-bond donors (Lipinski definition) is 9. The van der Waals surface area contributed by atoms with E-state index in [-0.39, 0.29) is 17.7 Å². The molecule has 26 nitrogen and oxygen atoms in total. The van der Waals surface area contributed by atoms with Gasteiger partial charge >= 0.3 is 24.0 Å². The second kappa shape index (κ2) is 39.6. The molecular formula is C74H99Cl6N9O17. The number of alkyl halides is 6. The molecule has 32 heteroatoms. The Morgan fingerprint density at radius 1 is 0.585 bits per heavy atom. The van der Waals surface area contributed by atoms with Crippen molar-refractivity contribution < 1.29 is 82.2 Å². The molecule has 0 aliphatic carbocycles. The topological polar surface area (TPSA) is 352 Å². The standard InChI is InChI=1S/C35H45Cl3N4O7.C20H33Cl3N4O6.C19H21NO4/c1-21(2)29(30(44)39-22(3)31(45)42-15-5-6-28(41-42)32(46)49-20-35(36,37)38)40-33(47)34(13-16-48-17-14-34)12-11-24-7-8-25-9-10-26(23(4)43)19-27(25)18-24;1-11(2)14(25-18(31)33-19(4,5)6)15(28)24-12(3)16(29)27-9-7-8-13(26-27)17(30)32-10-20(21,22)23;1-13(21)14-2-3-15-12-20-17(11-16(15)10-14)4-5-19(18(22)23)6-8-24-9-7-19/h7-12,18-19,21-23,28-29,41,43H,5-6,13-17,20H2,1-4H3,(H,39,44)(H,40,47);11-14,26H,7-10H2,1-6H3,(H,24,28)(H,25,31);2-5,10-13,21H,6-9H2,1H3,(H,22,23)/b12-11+;;5-4+/t22-,23+,28-,29-;12-,13-,14-;13-/m001/s1. The zero-order valence-corrected chi connectivity index (χ0v) is 65.9. The number of aliphatic carboxylic acids is 1. The molecule has 0 bridgehead atoms. The van der Waals surface area contributed by atoms with Crippen molar-refractivity contribution in [3.63, 3.8) is 0 Å². The van der Waals surface area contributed by atoms with Gasteiger partial charge in [-0.25, -0.2) is 15.6 Å². The minimum absolute atomic E-state index is 0.259. The van der Waals surface area contributed by atoms with Gasteiger partial charge in [0.05, 0.1) is 28.7 Å². The van der Waals surface area contributed by atoms with Gasteiger partial charge in [0.2, 0.25) is 25.3 Å². The molecule has 4 aliphatic heterocycles. The van der Waals surface area contributed by atoms with E-state index in [1.165, 1.54) is 16.9 Å². The summed E-state index contributed by atoms with van der Waals surface area (Å²) in [6, 6.07) is 14.1. The Hall–Kier alpha value is -6.66. The first-order chi connectivity index (χ1) is 49.6. The predicted molar refractivity (Wildman–Crippen MR) is 406 cm³/mol. The molecule has 5 heterocycles. The fourth-order valence-electron chi connectivity index (χ4n) is 11.8. The number of aliphatic hydroxyl groups excluding tert-OH is 2. The van der Waals surface area contributed by atoms with Crippen molar-refractivity contribution in [3.8, 4) is 0 Å². The number of ether oxygens (including phenoxy) is 5. The smallest absolute Gasteiger partial charge is 0.408 e. The number of esters is 2. The molecule has 8 atom stereocenters. The lowest BCUT2D eigenvalue weighted by Crippen LogP contribution is -2.61. The average Bonchev–Trinajstić information content (AvgIpc) is 0.800. The molecule has 4 fully saturated rings. The number of rotatable bonds is 22. The summed E-state index contributed by atoms with van der Waals surface area (Å²) in [5.74, 6) is -4.94. The summed E-state index contributed by atoms with van der Waals surface area (Å²) in [6.07, 6.45) is 10.9. The Morgan fingerprint density at radius 2 is 1.02 bits per heavy atom. The lowest BCUT2D eigenvalue weighted by molar-refractivity contribution is -0.154. The van der Waals surface area contributed by atoms with Crippen molar-refractivity contribution in [1.29, 1.82) is 0 Å². The number of halogens is 6. The first-order valence-corrected chi connectivity index (χ1v) is 37.5. The second-order valence-corrected chi connectivity index (χ2v) is 33.6. The maximum absolute atomic E-state index is 14.0. The van der Waals surface area contributed by atoms with Crippen molar-refractivity contribution in [2.45, 2.75) is 189 Å². The van der Waals surface area contributed by atoms with E-state index in [1.54, 1.807) is 73.7 Å². The third kappa shape index (κ3) is 27.2. The lowest BCUT2D eigenvalue weighted by atomic mass is 9.78. The van der Waals surface area contributed by atoms with E-state index in [1.807, 2.05) is 86.7 Å². The number of nitrogens with one attached hydrogen (secondary N) is 6. The average molecular weight is 1600 g/mol. The zero-order chi connectivity index (χ0) is 78.6. The Labute approximate surface area is 648 Å². The van der Waals surface area contributed by atoms with Gasteiger partial charge in [-0.05, 0) is 175 Å². The van der Waals surface area contributed by atoms with Crippen molar-refractivity contribution in [1.82, 2.24) is 47.1 Å². The van der Waals surface area contributed by atoms with E-state index in [0.29, 0.717) is 96.6 Å². The molecule has 3 aromatic carbocycles. The Balaban J connectivity index is 0.000000267. The molecule has 4 aliphatic rings. The van der Waals surface area contributed by atoms with Crippen LogP contribution >= 0.6 is 69.6 Å². The number of carbonyl (C=O) groups is 9. The van der Waals surface area contributed by atoms with Crippen LogP contribution in [0.25, 0.3) is 33.7 Å². The van der Waals surface area contributed by atoms with Crippen molar-refractivity contribution in [2.24, 2.45) is 22.7 Å². The monoisotopic (exact) mass is 1600 g/mol. The van der Waals surface area contributed by atoms with Crippen LogP contribution in [0.15, 0.2) is 79.0 Å². The SMILES string of the molecule is CC(C)[C@H](NC(=O)C1(/C=C/c2ccc3ccc([C@@H](C)O)cc3c2)CCOCC1)C(=O)N[C@@H](C)C(=O)N1CCC[C@@H](C(=O)OCC(Cl)(Cl)Cl)N1.CC(C)[C@H](NC(=O)OC(C)(C)C)C(=O)N[C@@H](C)C(=O)N1CCC[C@@H](C(=O)OCC(Cl)(Cl)Cl)N1.C[C@@H](O)c1ccc2cnc(/C=C/C3(C(=O)O)CCOCC3)cc2c1. The fraction of sp³-hybridized carbons (Fsp3) is 0.568. The van der Waals surface area contributed by atoms with E-state index >= 15 is 0 Å². The summed E-state index contributed by atoms with van der Waals surface area (Å²) in [5, 5.41) is 46.7. The first kappa shape index (κ1) is 88.2. The molecule has 6 amide bonds. The van der Waals surface area contributed by atoms with Gasteiger partial charge in [0, 0.05) is 51.1 Å². The molecular weight excluding hydrogens is 1500 g/mol. The third-order valence-corrected chi connectivity index (χ3v) is 18.6. The van der Waals surface area contributed by atoms with Crippen LogP contribution in [0, 0.1) is 22.7 Å². The van der Waals surface area contributed by atoms with E-state index in [4.69, 9.17) is 93.3 Å². The van der Waals surface area contributed by atoms with Crippen LogP contribution in [0.3, 0.4) is 0 Å². The Morgan fingerprint density at radius 3 is 1.46 bits per heavy atom. The number of amides is 6. The van der Waals surface area contributed by atoms with Gasteiger partial charge in [0.1, 0.15) is 55.1 Å². The normalized spacial score (nSPS) is 19.4. The number of aliphatic hydroxyl groups is 2. The van der Waals surface area contributed by atoms with Crippen molar-refractivity contribution >= 4 is 157 Å². The molecule has 9 N–H and O–H groups in total. The largest absolute Gasteiger partial charge is 0.481 e. The van der Waals surface area contributed by atoms with Crippen LogP contribution in [0.2, 0.25) is 0 Å². The number of carboxylic acid groups (broad SMARTS) is 1. The number of benzene rings is 3. The number of hydrazine groups is 2. The molecule has 0 radical (unpaired) electrons. The Bertz CT molecular complexity index is 3770. The zero-order valence-electron chi connectivity index (χ0n) is 61.4. The quantitative estimate of drug-likeness (QED) is 0.0200. The van der Waals surface area contributed by atoms with Crippen LogP contribution in [-0.4, -0.2) is 186 Å². The summed E-state index contributed by atoms with van der Waals surface area (Å²) in [7, 11) is 0. The highest BCUT2D eigenvalue weighted by Gasteiger charge is 2.42. The molecule has 0 unspecified atom stereocenters. The van der Waals surface area contributed by atoms with Gasteiger partial charge in [0.25, 0.3) is 11.8 Å². The summed E-state index contributed by atoms with van der Waals surface area (Å²) < 4.78 is 22.6. The Kier molecular flexibility index (Phi) is 33.0. The molecule has 0 spiro atoms. The second-order valence-electron chi connectivity index (χ2n) is 28.5. The minimum Gasteiger partial charge on any atom is -0.481 e. The molecule has 0 saturated carbocycles. The minimum atomic E-state index is -1.76. The van der Waals surface area contributed by atoms with Gasteiger partial charge < -0.3 is 60.3 Å². The van der Waals surface area contributed by atoms with Gasteiger partial charge in [-0.1, -0.05) is 152 Å². The molecule has 4 saturated heterocycles. The van der Waals surface area contributed by atoms with Crippen LogP contribution in [-0.2, 0) is 62.0 Å². The molecule has 1 aromatic heterocycles. The maximum atomic E-state index is 14.0. The van der Waals surface area contributed by atoms with Gasteiger partial charge in [-0.2, -0.15) is 0 Å². The predicted octanol–water partition coefficient (Wildman–Crippen LogP) is 10.4. The summed E-state index contributed by atoms with van der Waals surface area (Å²) in [5.41, 5.74) is 6.39. The van der Waals surface area contributed by atoms with Crippen LogP contribution in [0.4, 0.5) is 4.79 Å². The number of hydrogen-bond acceptors (Lipinski definition) is 19. The summed E-state index contributed by atoms with van der Waals surface area (Å²) >= 11 is 33.8. The van der Waals surface area contributed by atoms with Gasteiger partial charge in [-0.3, -0.25) is 53.4 Å². The van der Waals surface area contributed by atoms with E-state index in [2.05, 4.69) is 37.1 Å². The first-order valence-electron chi connectivity index (χ1n) is 35.2. The highest BCUT2D eigenvalue weighted by Crippen LogP contribution is 2.36. The lowest BCUT2D eigenvalue weighted by Gasteiger charge is -2.36. The van der Waals surface area contributed by atoms with Crippen LogP contribution in [0.5, 0.6) is 0 Å². The number of carboxylic acids is 1. The van der Waals surface area contributed by atoms with Gasteiger partial charge in [-0.15, -0.1) is 0 Å². The number of alkyl carbamates (subject to hydrolysis) is 1. The number of nitrogens with zero attached hydrogens (tertiary/aromatic N) is 3. The van der Waals surface area contributed by atoms with Crippen molar-refractivity contribution in [3.05, 3.63) is 101 Å². The van der Waals surface area contributed by atoms with Crippen LogP contribution in [0.1, 0.15) is 162 Å². The van der Waals surface area contributed by atoms with Crippen LogP contribution < -0.4 is 32.1 Å². The molecule has 584 valence electrons. The number of carbonyl (C=O) groups excluding carboxylic acids is 8. The molecule has 8 rings (SSSR count). The molecule has 106 heavy (non-hydrogen) atoms. The highest BCUT2D eigenvalue weighted by molar-refractivity contribution is 6.68. The van der Waals surface area contributed by atoms with Crippen molar-refractivity contribution in [2.75, 3.05) is 52.7 Å². The number of pyridine rings is 1. The van der Waals surface area contributed by atoms with E-state index in [0.717, 1.165) is 38.2 Å². The van der Waals surface area contributed by atoms with E-state index in [9.17, 15) is 58.5 Å². The number of aromatic nitrogens is 1. The maximum Gasteiger partial charge on any atom is 0.408 e. The highest BCUT2D eigenvalue weighted by atomic mass is 35.6.